The predicted octanol–water partition coefficient (Wildman–Crippen LogP) is 1.76. The van der Waals surface area contributed by atoms with Crippen LogP contribution in [0.25, 0.3) is 5.82 Å². The van der Waals surface area contributed by atoms with Gasteiger partial charge in [0.15, 0.2) is 5.19 Å². The van der Waals surface area contributed by atoms with E-state index in [0.717, 1.165) is 23.5 Å². The Morgan fingerprint density at radius 3 is 2.56 bits per heavy atom. The fourth-order valence-electron chi connectivity index (χ4n) is 2.15. The Kier molecular flexibility index (Phi) is 4.99. The zero-order valence-corrected chi connectivity index (χ0v) is 14.2. The second kappa shape index (κ2) is 7.53. The number of nitrogens with one attached hydrogen (secondary N) is 1. The first-order chi connectivity index (χ1) is 13.0. The molecule has 27 heavy (non-hydrogen) atoms. The van der Waals surface area contributed by atoms with E-state index in [1.807, 2.05) is 6.07 Å². The first kappa shape index (κ1) is 17.9. The summed E-state index contributed by atoms with van der Waals surface area (Å²) in [4.78, 5) is 24.7. The van der Waals surface area contributed by atoms with Crippen molar-refractivity contribution in [2.75, 3.05) is 5.43 Å². The van der Waals surface area contributed by atoms with Crippen molar-refractivity contribution >= 4 is 34.6 Å². The van der Waals surface area contributed by atoms with Crippen molar-refractivity contribution in [1.82, 2.24) is 4.98 Å². The van der Waals surface area contributed by atoms with Gasteiger partial charge in [-0.05, 0) is 23.2 Å². The summed E-state index contributed by atoms with van der Waals surface area (Å²) in [5.41, 5.74) is 1.55. The Morgan fingerprint density at radius 2 is 1.89 bits per heavy atom. The molecule has 0 unspecified atom stereocenters. The zero-order valence-electron chi connectivity index (χ0n) is 13.4. The third-order valence-corrected chi connectivity index (χ3v) is 4.10. The van der Waals surface area contributed by atoms with E-state index in [0.29, 0.717) is 10.7 Å². The normalized spacial score (nSPS) is 10.8. The van der Waals surface area contributed by atoms with E-state index in [2.05, 4.69) is 15.5 Å². The fraction of sp³-hybridized carbons (Fsp3) is 0. The highest BCUT2D eigenvalue weighted by Gasteiger charge is 2.20. The maximum absolute atomic E-state index is 11.6. The summed E-state index contributed by atoms with van der Waals surface area (Å²) in [7, 11) is 0. The van der Waals surface area contributed by atoms with Gasteiger partial charge < -0.3 is 5.11 Å². The molecule has 0 radical (unpaired) electrons. The number of nitro groups is 2. The molecule has 0 spiro atoms. The molecule has 0 saturated carbocycles. The number of pyridine rings is 1. The number of thiazole rings is 1. The van der Waals surface area contributed by atoms with E-state index in [1.165, 1.54) is 12.3 Å². The summed E-state index contributed by atoms with van der Waals surface area (Å²) in [6, 6.07) is 8.49. The van der Waals surface area contributed by atoms with Gasteiger partial charge in [0, 0.05) is 6.07 Å². The summed E-state index contributed by atoms with van der Waals surface area (Å²) in [5, 5.41) is 37.0. The number of benzene rings is 1. The summed E-state index contributed by atoms with van der Waals surface area (Å²) in [6.07, 6.45) is 4.72. The van der Waals surface area contributed by atoms with E-state index >= 15 is 0 Å². The van der Waals surface area contributed by atoms with E-state index < -0.39 is 26.4 Å². The van der Waals surface area contributed by atoms with Crippen LogP contribution in [0, 0.1) is 20.2 Å². The van der Waals surface area contributed by atoms with Crippen molar-refractivity contribution in [2.45, 2.75) is 0 Å². The summed E-state index contributed by atoms with van der Waals surface area (Å²) < 4.78 is 1.63. The number of aromatic nitrogens is 2. The lowest BCUT2D eigenvalue weighted by Crippen LogP contribution is -2.30. The van der Waals surface area contributed by atoms with Gasteiger partial charge in [-0.1, -0.05) is 17.4 Å². The highest BCUT2D eigenvalue weighted by atomic mass is 32.1. The van der Waals surface area contributed by atoms with Gasteiger partial charge in [-0.15, -0.1) is 0 Å². The number of rotatable bonds is 6. The molecule has 3 rings (SSSR count). The van der Waals surface area contributed by atoms with Gasteiger partial charge in [-0.3, -0.25) is 25.7 Å². The number of hydrogen-bond acceptors (Lipinski definition) is 9. The molecule has 3 aromatic rings. The van der Waals surface area contributed by atoms with Crippen LogP contribution in [0.3, 0.4) is 0 Å². The molecule has 11 nitrogen and oxygen atoms in total. The second-order valence-corrected chi connectivity index (χ2v) is 6.03. The summed E-state index contributed by atoms with van der Waals surface area (Å²) >= 11 is 0.861. The number of hydrogen-bond donors (Lipinski definition) is 1. The molecule has 1 N–H and O–H groups in total. The van der Waals surface area contributed by atoms with Crippen LogP contribution >= 0.6 is 11.3 Å². The lowest BCUT2D eigenvalue weighted by Gasteiger charge is -2.01. The molecule has 0 atom stereocenters. The minimum Gasteiger partial charge on any atom is -0.831 e. The molecule has 0 aliphatic heterocycles. The van der Waals surface area contributed by atoms with Crippen LogP contribution in [0.1, 0.15) is 4.88 Å². The molecular weight excluding hydrogens is 376 g/mol. The second-order valence-electron chi connectivity index (χ2n) is 5.04. The Morgan fingerprint density at radius 1 is 1.15 bits per heavy atom. The van der Waals surface area contributed by atoms with E-state index in [9.17, 15) is 25.3 Å². The molecule has 0 aliphatic carbocycles. The topological polar surface area (TPSA) is 150 Å². The van der Waals surface area contributed by atoms with Gasteiger partial charge >= 0.3 is 11.5 Å². The minimum absolute atomic E-state index is 0.0253. The molecule has 12 heteroatoms. The van der Waals surface area contributed by atoms with Crippen LogP contribution in [-0.2, 0) is 0 Å². The van der Waals surface area contributed by atoms with Crippen LogP contribution in [0.2, 0.25) is 0 Å². The van der Waals surface area contributed by atoms with Crippen molar-refractivity contribution in [2.24, 2.45) is 5.10 Å². The molecule has 2 aromatic heterocycles. The Hall–Kier alpha value is -3.93. The smallest absolute Gasteiger partial charge is 0.346 e. The SMILES string of the molecule is O=[N+]([O-])c1ccc(NN=Cc2sc([O-])nc2-[n+]2ccccc2)c([N+](=O)[O-])c1. The van der Waals surface area contributed by atoms with Crippen molar-refractivity contribution in [3.63, 3.8) is 0 Å². The number of non-ortho nitro benzene ring substituents is 1. The number of nitro benzene ring substituents is 2. The molecule has 0 fully saturated rings. The number of nitrogens with zero attached hydrogens (tertiary/aromatic N) is 5. The van der Waals surface area contributed by atoms with Crippen LogP contribution in [0.15, 0.2) is 53.9 Å². The molecule has 2 heterocycles. The number of anilines is 1. The lowest BCUT2D eigenvalue weighted by atomic mass is 10.2. The van der Waals surface area contributed by atoms with E-state index in [-0.39, 0.29) is 5.69 Å². The maximum atomic E-state index is 11.6. The van der Waals surface area contributed by atoms with Crippen LogP contribution in [-0.4, -0.2) is 21.0 Å². The third-order valence-electron chi connectivity index (χ3n) is 3.33. The average molecular weight is 386 g/mol. The Balaban J connectivity index is 1.87. The van der Waals surface area contributed by atoms with Crippen molar-refractivity contribution < 1.29 is 19.5 Å². The van der Waals surface area contributed by atoms with Gasteiger partial charge in [0.1, 0.15) is 10.6 Å². The van der Waals surface area contributed by atoms with Gasteiger partial charge in [-0.25, -0.2) is 4.57 Å². The predicted molar refractivity (Wildman–Crippen MR) is 94.1 cm³/mol. The van der Waals surface area contributed by atoms with Crippen LogP contribution in [0.5, 0.6) is 5.19 Å². The van der Waals surface area contributed by atoms with Gasteiger partial charge in [0.2, 0.25) is 0 Å². The zero-order chi connectivity index (χ0) is 19.4. The highest BCUT2D eigenvalue weighted by molar-refractivity contribution is 7.15. The lowest BCUT2D eigenvalue weighted by molar-refractivity contribution is -0.599. The largest absolute Gasteiger partial charge is 0.831 e. The molecule has 0 aliphatic rings. The maximum Gasteiger partial charge on any atom is 0.346 e. The first-order valence-corrected chi connectivity index (χ1v) is 8.14. The Bertz CT molecular complexity index is 1040. The van der Waals surface area contributed by atoms with Crippen molar-refractivity contribution in [3.05, 3.63) is 73.9 Å². The molecular formula is C15H10N6O5S. The van der Waals surface area contributed by atoms with Gasteiger partial charge in [0.05, 0.1) is 34.5 Å². The van der Waals surface area contributed by atoms with Crippen LogP contribution in [0.4, 0.5) is 17.1 Å². The molecule has 1 aromatic carbocycles. The van der Waals surface area contributed by atoms with Crippen molar-refractivity contribution in [1.29, 1.82) is 0 Å². The average Bonchev–Trinajstić information content (AvgIpc) is 3.03. The third kappa shape index (κ3) is 4.01. The quantitative estimate of drug-likeness (QED) is 0.293. The summed E-state index contributed by atoms with van der Waals surface area (Å²) in [6.45, 7) is 0. The summed E-state index contributed by atoms with van der Waals surface area (Å²) in [5.74, 6) is 0.370. The molecule has 0 bridgehead atoms. The standard InChI is InChI=1S/C15H10N6O5S/c22-15-17-14(19-6-2-1-3-7-19)13(27-15)9-16-18-11-5-4-10(20(23)24)8-12(11)21(25)26/h1-9,18H. The highest BCUT2D eigenvalue weighted by Crippen LogP contribution is 2.29. The number of hydrazone groups is 1. The van der Waals surface area contributed by atoms with E-state index in [4.69, 9.17) is 0 Å². The van der Waals surface area contributed by atoms with Crippen LogP contribution < -0.4 is 15.1 Å². The Labute approximate surface area is 155 Å². The molecule has 136 valence electrons. The van der Waals surface area contributed by atoms with Gasteiger partial charge in [-0.2, -0.15) is 5.10 Å². The molecule has 0 saturated heterocycles. The minimum atomic E-state index is -0.751. The van der Waals surface area contributed by atoms with Crippen molar-refractivity contribution in [3.8, 4) is 11.0 Å². The van der Waals surface area contributed by atoms with Gasteiger partial charge in [0.25, 0.3) is 5.69 Å². The fourth-order valence-corrected chi connectivity index (χ4v) is 2.82. The monoisotopic (exact) mass is 386 g/mol. The van der Waals surface area contributed by atoms with E-state index in [1.54, 1.807) is 29.1 Å². The first-order valence-electron chi connectivity index (χ1n) is 7.32. The molecule has 0 amide bonds.